The molecule has 6 rings (SSSR count). The summed E-state index contributed by atoms with van der Waals surface area (Å²) in [5, 5.41) is 0. The van der Waals surface area contributed by atoms with Crippen LogP contribution in [-0.2, 0) is 0 Å². The quantitative estimate of drug-likeness (QED) is 0.440. The van der Waals surface area contributed by atoms with Gasteiger partial charge >= 0.3 is 0 Å². The van der Waals surface area contributed by atoms with Crippen molar-refractivity contribution in [3.8, 4) is 0 Å². The van der Waals surface area contributed by atoms with E-state index >= 15 is 0 Å². The molecule has 0 saturated heterocycles. The van der Waals surface area contributed by atoms with Crippen LogP contribution in [0.5, 0.6) is 0 Å². The molecule has 0 aromatic carbocycles. The summed E-state index contributed by atoms with van der Waals surface area (Å²) in [7, 11) is 0. The minimum absolute atomic E-state index is 0.177. The first-order chi connectivity index (χ1) is 14.0. The molecule has 0 unspecified atom stereocenters. The molecule has 0 aliphatic heterocycles. The Balaban J connectivity index is 1.36. The molecule has 0 saturated carbocycles. The maximum absolute atomic E-state index is 2.56. The van der Waals surface area contributed by atoms with Crippen LogP contribution in [0.2, 0.25) is 0 Å². The highest BCUT2D eigenvalue weighted by molar-refractivity contribution is 5.80. The van der Waals surface area contributed by atoms with E-state index in [4.69, 9.17) is 0 Å². The SMILES string of the molecule is CC(C)C1=CC2=C(C1)C1=C(C3=C(C1)C1=C(C3)C3=C(C=C(C(C)C)C3)C1(C)C)C2(C)C. The predicted molar refractivity (Wildman–Crippen MR) is 127 cm³/mol. The van der Waals surface area contributed by atoms with Crippen LogP contribution in [0, 0.1) is 22.7 Å². The average Bonchev–Trinajstić information content (AvgIpc) is 3.40. The molecule has 0 N–H and O–H groups in total. The van der Waals surface area contributed by atoms with Crippen LogP contribution in [0.4, 0.5) is 0 Å². The summed E-state index contributed by atoms with van der Waals surface area (Å²) < 4.78 is 0. The van der Waals surface area contributed by atoms with Gasteiger partial charge < -0.3 is 0 Å². The fraction of sp³-hybridized carbons (Fsp3) is 0.533. The lowest BCUT2D eigenvalue weighted by atomic mass is 9.75. The van der Waals surface area contributed by atoms with Crippen LogP contribution in [0.25, 0.3) is 0 Å². The Morgan fingerprint density at radius 2 is 0.900 bits per heavy atom. The first kappa shape index (κ1) is 18.9. The van der Waals surface area contributed by atoms with Gasteiger partial charge in [0.15, 0.2) is 0 Å². The molecule has 156 valence electrons. The fourth-order valence-electron chi connectivity index (χ4n) is 7.52. The molecule has 6 aliphatic carbocycles. The maximum atomic E-state index is 2.56. The first-order valence-electron chi connectivity index (χ1n) is 12.1. The van der Waals surface area contributed by atoms with E-state index in [0.29, 0.717) is 11.8 Å². The lowest BCUT2D eigenvalue weighted by molar-refractivity contribution is 0.563. The zero-order chi connectivity index (χ0) is 21.3. The van der Waals surface area contributed by atoms with Gasteiger partial charge in [0.1, 0.15) is 0 Å². The minimum Gasteiger partial charge on any atom is -0.0629 e. The van der Waals surface area contributed by atoms with Crippen molar-refractivity contribution in [3.05, 3.63) is 79.0 Å². The topological polar surface area (TPSA) is 0 Å². The third-order valence-electron chi connectivity index (χ3n) is 9.16. The molecule has 0 aromatic heterocycles. The highest BCUT2D eigenvalue weighted by Gasteiger charge is 2.53. The molecule has 30 heavy (non-hydrogen) atoms. The van der Waals surface area contributed by atoms with Gasteiger partial charge in [-0.3, -0.25) is 0 Å². The van der Waals surface area contributed by atoms with E-state index in [9.17, 15) is 0 Å². The smallest absolute Gasteiger partial charge is 0.0155 e. The van der Waals surface area contributed by atoms with Crippen molar-refractivity contribution in [2.75, 3.05) is 0 Å². The highest BCUT2D eigenvalue weighted by atomic mass is 14.6. The Kier molecular flexibility index (Phi) is 3.47. The standard InChI is InChI=1S/C30H36/c1-15(2)17-9-19-21-13-23-24(27(21)29(5,6)25(19)11-17)14-22-20-10-18(16(3)4)12-26(20)30(7,8)28(22)23/h11-12,15-16H,9-10,13-14H2,1-8H3. The lowest BCUT2D eigenvalue weighted by Gasteiger charge is -2.29. The Labute approximate surface area is 182 Å². The van der Waals surface area contributed by atoms with Crippen molar-refractivity contribution >= 4 is 0 Å². The van der Waals surface area contributed by atoms with E-state index in [1.165, 1.54) is 25.7 Å². The van der Waals surface area contributed by atoms with E-state index in [2.05, 4.69) is 67.5 Å². The number of hydrogen-bond acceptors (Lipinski definition) is 0. The second kappa shape index (κ2) is 5.50. The van der Waals surface area contributed by atoms with Gasteiger partial charge in [-0.15, -0.1) is 0 Å². The summed E-state index contributed by atoms with van der Waals surface area (Å²) in [5.41, 5.74) is 20.6. The van der Waals surface area contributed by atoms with Gasteiger partial charge in [-0.05, 0) is 93.3 Å². The molecule has 0 heterocycles. The van der Waals surface area contributed by atoms with Crippen LogP contribution in [0.15, 0.2) is 79.0 Å². The molecular formula is C30H36. The van der Waals surface area contributed by atoms with Crippen molar-refractivity contribution < 1.29 is 0 Å². The monoisotopic (exact) mass is 396 g/mol. The molecule has 0 atom stereocenters. The second-order valence-electron chi connectivity index (χ2n) is 12.2. The predicted octanol–water partition coefficient (Wildman–Crippen LogP) is 8.33. The lowest BCUT2D eigenvalue weighted by Crippen LogP contribution is -2.17. The molecule has 6 aliphatic rings. The van der Waals surface area contributed by atoms with Crippen molar-refractivity contribution in [3.63, 3.8) is 0 Å². The summed E-state index contributed by atoms with van der Waals surface area (Å²) in [6, 6.07) is 0. The van der Waals surface area contributed by atoms with Crippen LogP contribution >= 0.6 is 0 Å². The van der Waals surface area contributed by atoms with Crippen LogP contribution < -0.4 is 0 Å². The Hall–Kier alpha value is -1.82. The molecule has 0 radical (unpaired) electrons. The van der Waals surface area contributed by atoms with Gasteiger partial charge in [0, 0.05) is 10.8 Å². The van der Waals surface area contributed by atoms with E-state index in [1.807, 2.05) is 0 Å². The van der Waals surface area contributed by atoms with E-state index in [0.717, 1.165) is 0 Å². The van der Waals surface area contributed by atoms with Crippen molar-refractivity contribution in [2.24, 2.45) is 22.7 Å². The summed E-state index contributed by atoms with van der Waals surface area (Å²) >= 11 is 0. The van der Waals surface area contributed by atoms with Gasteiger partial charge in [-0.1, -0.05) is 78.7 Å². The number of rotatable bonds is 2. The third-order valence-corrected chi connectivity index (χ3v) is 9.16. The zero-order valence-electron chi connectivity index (χ0n) is 20.1. The van der Waals surface area contributed by atoms with Gasteiger partial charge in [0.05, 0.1) is 0 Å². The van der Waals surface area contributed by atoms with Gasteiger partial charge in [0.2, 0.25) is 0 Å². The highest BCUT2D eigenvalue weighted by Crippen LogP contribution is 2.68. The number of hydrogen-bond donors (Lipinski definition) is 0. The third kappa shape index (κ3) is 2.04. The fourth-order valence-corrected chi connectivity index (χ4v) is 7.52. The summed E-state index contributed by atoms with van der Waals surface area (Å²) in [4.78, 5) is 0. The van der Waals surface area contributed by atoms with Gasteiger partial charge in [0.25, 0.3) is 0 Å². The number of fused-ring (bicyclic) bond motifs is 4. The van der Waals surface area contributed by atoms with Crippen LogP contribution in [0.1, 0.15) is 81.1 Å². The van der Waals surface area contributed by atoms with Gasteiger partial charge in [-0.25, -0.2) is 0 Å². The van der Waals surface area contributed by atoms with Crippen molar-refractivity contribution in [2.45, 2.75) is 81.1 Å². The van der Waals surface area contributed by atoms with Crippen LogP contribution in [0.3, 0.4) is 0 Å². The Morgan fingerprint density at radius 3 is 1.23 bits per heavy atom. The molecule has 0 nitrogen and oxygen atoms in total. The molecular weight excluding hydrogens is 360 g/mol. The van der Waals surface area contributed by atoms with Crippen LogP contribution in [-0.4, -0.2) is 0 Å². The van der Waals surface area contributed by atoms with Crippen molar-refractivity contribution in [1.29, 1.82) is 0 Å². The average molecular weight is 397 g/mol. The molecule has 0 spiro atoms. The second-order valence-corrected chi connectivity index (χ2v) is 12.2. The molecule has 0 heteroatoms. The summed E-state index contributed by atoms with van der Waals surface area (Å²) in [5.74, 6) is 1.32. The maximum Gasteiger partial charge on any atom is 0.0155 e. The van der Waals surface area contributed by atoms with E-state index < -0.39 is 0 Å². The van der Waals surface area contributed by atoms with E-state index in [1.54, 1.807) is 66.9 Å². The van der Waals surface area contributed by atoms with E-state index in [-0.39, 0.29) is 10.8 Å². The van der Waals surface area contributed by atoms with Gasteiger partial charge in [-0.2, -0.15) is 0 Å². The van der Waals surface area contributed by atoms with Crippen molar-refractivity contribution in [1.82, 2.24) is 0 Å². The number of allylic oxidation sites excluding steroid dienone is 14. The Morgan fingerprint density at radius 1 is 0.533 bits per heavy atom. The first-order valence-corrected chi connectivity index (χ1v) is 12.1. The minimum atomic E-state index is 0.177. The largest absolute Gasteiger partial charge is 0.0629 e. The Bertz CT molecular complexity index is 1060. The molecule has 0 bridgehead atoms. The molecule has 0 amide bonds. The normalized spacial score (nSPS) is 27.7. The summed E-state index contributed by atoms with van der Waals surface area (Å²) in [6.07, 6.45) is 9.90. The molecule has 0 fully saturated rings. The zero-order valence-corrected chi connectivity index (χ0v) is 20.1. The molecule has 0 aromatic rings. The summed E-state index contributed by atoms with van der Waals surface area (Å²) in [6.45, 7) is 19.4.